The summed E-state index contributed by atoms with van der Waals surface area (Å²) in [5.41, 5.74) is 12.9. The van der Waals surface area contributed by atoms with E-state index in [1.807, 2.05) is 26.0 Å². The molecule has 6 heterocycles. The van der Waals surface area contributed by atoms with Gasteiger partial charge in [-0.3, -0.25) is 23.8 Å². The number of Topliss-reactive ketones (excluding diaryl/α,β-unsaturated/α-hetero) is 2. The SMILES string of the molecule is C.CC(=O)c1cc(Cl)ncn1.Cc1ncoc1COc1ccc2c(c1)CCN(C[C@@H](O)CCC(=O)c1cc(Cl)ncn1)C2.Cc1ncoc1COc1ccc2c(c1)CCN(C[C@@H](O)CN)C2.S.S.[2H]CF. The van der Waals surface area contributed by atoms with Crippen molar-refractivity contribution >= 4 is 61.8 Å². The average Bonchev–Trinajstić information content (AvgIpc) is 3.95. The number of ketones is 2. The smallest absolute Gasteiger partial charge is 0.181 e. The molecule has 0 bridgehead atoms. The number of aliphatic hydroxyl groups excluding tert-OH is 2. The first kappa shape index (κ1) is 59.3. The highest BCUT2D eigenvalue weighted by atomic mass is 35.5. The number of aliphatic hydroxyl groups is 2. The highest BCUT2D eigenvalue weighted by molar-refractivity contribution is 7.59. The number of carbonyl (C=O) groups excluding carboxylic acids is 2. The number of rotatable bonds is 16. The maximum absolute atomic E-state index is 12.2. The highest BCUT2D eigenvalue weighted by Gasteiger charge is 2.22. The summed E-state index contributed by atoms with van der Waals surface area (Å²) in [7, 11) is -1.00. The molecule has 17 nitrogen and oxygen atoms in total. The first-order valence-corrected chi connectivity index (χ1v) is 22.1. The molecule has 382 valence electrons. The van der Waals surface area contributed by atoms with Crippen LogP contribution in [0.4, 0.5) is 4.39 Å². The number of ether oxygens (including phenoxy) is 2. The monoisotopic (exact) mass is 1050 g/mol. The number of aromatic nitrogens is 6. The molecule has 22 heteroatoms. The first-order valence-electron chi connectivity index (χ1n) is 22.1. The van der Waals surface area contributed by atoms with Crippen LogP contribution >= 0.6 is 50.2 Å². The zero-order chi connectivity index (χ0) is 49.0. The molecule has 8 rings (SSSR count). The fraction of sp³-hybridized carbons (Fsp3) is 0.417. The van der Waals surface area contributed by atoms with Crippen LogP contribution in [0.1, 0.15) is 94.7 Å². The molecule has 2 aliphatic heterocycles. The van der Waals surface area contributed by atoms with E-state index in [-0.39, 0.29) is 63.3 Å². The molecule has 6 aromatic rings. The maximum atomic E-state index is 12.2. The van der Waals surface area contributed by atoms with E-state index in [0.717, 1.165) is 73.4 Å². The average molecular weight is 1050 g/mol. The Bertz CT molecular complexity index is 2550. The second-order valence-electron chi connectivity index (χ2n) is 15.6. The van der Waals surface area contributed by atoms with Gasteiger partial charge in [0.25, 0.3) is 0 Å². The normalized spacial score (nSPS) is 13.6. The van der Waals surface area contributed by atoms with Crippen LogP contribution in [0, 0.1) is 13.8 Å². The van der Waals surface area contributed by atoms with Gasteiger partial charge < -0.3 is 34.3 Å². The summed E-state index contributed by atoms with van der Waals surface area (Å²) in [5.74, 6) is 2.87. The van der Waals surface area contributed by atoms with Crippen LogP contribution in [-0.4, -0.2) is 114 Å². The lowest BCUT2D eigenvalue weighted by Gasteiger charge is -2.30. The van der Waals surface area contributed by atoms with Gasteiger partial charge in [0.05, 0.1) is 32.1 Å². The molecule has 0 unspecified atom stereocenters. The summed E-state index contributed by atoms with van der Waals surface area (Å²) in [6, 6.07) is 15.1. The van der Waals surface area contributed by atoms with Crippen molar-refractivity contribution in [1.29, 1.82) is 0 Å². The van der Waals surface area contributed by atoms with Crippen molar-refractivity contribution < 1.29 is 43.9 Å². The lowest BCUT2D eigenvalue weighted by molar-refractivity contribution is 0.0833. The number of halogens is 3. The van der Waals surface area contributed by atoms with Gasteiger partial charge in [0, 0.05) is 71.3 Å². The van der Waals surface area contributed by atoms with E-state index in [4.69, 9.17) is 48.6 Å². The summed E-state index contributed by atoms with van der Waals surface area (Å²) < 4.78 is 37.8. The second kappa shape index (κ2) is 31.3. The van der Waals surface area contributed by atoms with E-state index in [9.17, 15) is 24.2 Å². The molecule has 4 aromatic heterocycles. The van der Waals surface area contributed by atoms with E-state index in [2.05, 4.69) is 64.0 Å². The Morgan fingerprint density at radius 2 is 1.21 bits per heavy atom. The Kier molecular flexibility index (Phi) is 26.5. The summed E-state index contributed by atoms with van der Waals surface area (Å²) in [4.78, 5) is 50.5. The third-order valence-electron chi connectivity index (χ3n) is 10.8. The third-order valence-corrected chi connectivity index (χ3v) is 11.2. The van der Waals surface area contributed by atoms with Crippen LogP contribution in [0.5, 0.6) is 11.5 Å². The molecule has 0 radical (unpaired) electrons. The molecule has 2 atom stereocenters. The van der Waals surface area contributed by atoms with Crippen molar-refractivity contribution in [3.8, 4) is 11.5 Å². The molecule has 2 aromatic carbocycles. The van der Waals surface area contributed by atoms with Gasteiger partial charge in [-0.2, -0.15) is 27.0 Å². The van der Waals surface area contributed by atoms with E-state index in [1.54, 1.807) is 0 Å². The molecule has 0 saturated heterocycles. The van der Waals surface area contributed by atoms with Crippen molar-refractivity contribution in [3.05, 3.63) is 141 Å². The summed E-state index contributed by atoms with van der Waals surface area (Å²) in [5, 5.41) is 20.7. The van der Waals surface area contributed by atoms with Gasteiger partial charge in [0.15, 0.2) is 35.9 Å². The fourth-order valence-corrected chi connectivity index (χ4v) is 7.39. The Hall–Kier alpha value is -5.03. The summed E-state index contributed by atoms with van der Waals surface area (Å²) in [6.45, 7) is 10.8. The molecule has 0 aliphatic carbocycles. The van der Waals surface area contributed by atoms with Crippen molar-refractivity contribution in [3.63, 3.8) is 0 Å². The van der Waals surface area contributed by atoms with Crippen molar-refractivity contribution in [2.24, 2.45) is 5.73 Å². The minimum absolute atomic E-state index is 0. The Balaban J connectivity index is 0.000000387. The topological polar surface area (TPSA) is 229 Å². The number of benzene rings is 2. The minimum atomic E-state index is -1.00. The van der Waals surface area contributed by atoms with Gasteiger partial charge in [-0.15, -0.1) is 0 Å². The van der Waals surface area contributed by atoms with Crippen LogP contribution in [0.2, 0.25) is 10.3 Å². The van der Waals surface area contributed by atoms with Gasteiger partial charge in [-0.05, 0) is 79.6 Å². The second-order valence-corrected chi connectivity index (χ2v) is 16.4. The van der Waals surface area contributed by atoms with Crippen LogP contribution in [0.3, 0.4) is 0 Å². The van der Waals surface area contributed by atoms with E-state index < -0.39 is 19.4 Å². The molecule has 0 amide bonds. The molecular weight excluding hydrogens is 985 g/mol. The molecule has 70 heavy (non-hydrogen) atoms. The first-order chi connectivity index (χ1) is 32.7. The number of nitrogens with two attached hydrogens (primary N) is 1. The van der Waals surface area contributed by atoms with E-state index in [1.165, 1.54) is 66.8 Å². The Morgan fingerprint density at radius 3 is 1.63 bits per heavy atom. The van der Waals surface area contributed by atoms with Crippen molar-refractivity contribution in [2.45, 2.75) is 92.4 Å². The number of hydrogen-bond donors (Lipinski definition) is 3. The van der Waals surface area contributed by atoms with Crippen LogP contribution in [0.25, 0.3) is 0 Å². The predicted octanol–water partition coefficient (Wildman–Crippen LogP) is 7.41. The van der Waals surface area contributed by atoms with Crippen LogP contribution < -0.4 is 15.2 Å². The summed E-state index contributed by atoms with van der Waals surface area (Å²) >= 11 is 11.3. The van der Waals surface area contributed by atoms with Gasteiger partial charge in [0.2, 0.25) is 0 Å². The number of fused-ring (bicyclic) bond motifs is 2. The third kappa shape index (κ3) is 19.3. The predicted molar refractivity (Wildman–Crippen MR) is 275 cm³/mol. The number of oxazole rings is 2. The Labute approximate surface area is 433 Å². The fourth-order valence-electron chi connectivity index (χ4n) is 7.09. The molecule has 0 spiro atoms. The lowest BCUT2D eigenvalue weighted by atomic mass is 9.98. The number of nitrogens with zero attached hydrogens (tertiary/aromatic N) is 8. The van der Waals surface area contributed by atoms with Crippen molar-refractivity contribution in [1.82, 2.24) is 39.7 Å². The highest BCUT2D eigenvalue weighted by Crippen LogP contribution is 2.27. The summed E-state index contributed by atoms with van der Waals surface area (Å²) in [6.07, 6.45) is 6.75. The quantitative estimate of drug-likeness (QED) is 0.0633. The largest absolute Gasteiger partial charge is 0.486 e. The van der Waals surface area contributed by atoms with Gasteiger partial charge in [-0.1, -0.05) is 42.8 Å². The standard InChI is InChI=1S/C23H25ClN4O4.C17H23N3O3.C6H5ClN2O.CH3F.CH4.2H2S/c1-15-22(32-14-27-15)12-31-19-4-2-17-10-28(7-6-16(17)8-19)11-18(29)3-5-21(30)20-9-23(24)26-13-25-20;1-12-17(23-11-19-12)10-22-16-3-2-14-8-20(9-15(21)7-18)5-4-13(14)6-16;1-4(10)5-2-6(7)9-3-8-5;1-2;;;/h2,4,8-9,13-14,18,29H,3,5-7,10-12H2,1H3;2-3,6,11,15,21H,4-5,7-10,18H2,1H3;2-3H,1H3;1H3;1H4;2*1H2/t18-;15-;;;;;/m00...../s1/i;;;1D;;;. The van der Waals surface area contributed by atoms with E-state index in [0.29, 0.717) is 50.1 Å². The Morgan fingerprint density at radius 1 is 0.757 bits per heavy atom. The number of alkyl halides is 1. The molecule has 2 aliphatic rings. The van der Waals surface area contributed by atoms with Crippen LogP contribution in [0.15, 0.2) is 82.8 Å². The van der Waals surface area contributed by atoms with Crippen LogP contribution in [-0.2, 0) is 39.1 Å². The molecule has 0 saturated carbocycles. The maximum Gasteiger partial charge on any atom is 0.181 e. The van der Waals surface area contributed by atoms with Crippen molar-refractivity contribution in [2.75, 3.05) is 39.9 Å². The van der Waals surface area contributed by atoms with Gasteiger partial charge >= 0.3 is 0 Å². The number of hydrogen-bond acceptors (Lipinski definition) is 17. The minimum Gasteiger partial charge on any atom is -0.486 e. The zero-order valence-electron chi connectivity index (χ0n) is 39.6. The number of carbonyl (C=O) groups is 2. The zero-order valence-corrected chi connectivity index (χ0v) is 42.1. The molecular formula is C48H64Cl2FN9O8S2. The molecule has 4 N–H and O–H groups in total. The molecule has 0 fully saturated rings. The number of aryl methyl sites for hydroxylation is 2. The van der Waals surface area contributed by atoms with Gasteiger partial charge in [-0.25, -0.2) is 29.9 Å². The number of β-amino-alcohol motifs (C(OH)–C–C–N with tert-alkyl or cyclic N) is 2. The lowest BCUT2D eigenvalue weighted by Crippen LogP contribution is -2.39. The van der Waals surface area contributed by atoms with Gasteiger partial charge in [0.1, 0.15) is 59.1 Å². The van der Waals surface area contributed by atoms with E-state index >= 15 is 0 Å².